The van der Waals surface area contributed by atoms with E-state index in [1.807, 2.05) is 13.0 Å². The molecule has 0 unspecified atom stereocenters. The number of rotatable bonds is 5. The van der Waals surface area contributed by atoms with Crippen molar-refractivity contribution in [3.05, 3.63) is 17.5 Å². The van der Waals surface area contributed by atoms with Crippen LogP contribution in [0.5, 0.6) is 0 Å². The number of hydrogen-bond donors (Lipinski definition) is 2. The summed E-state index contributed by atoms with van der Waals surface area (Å²) in [5, 5.41) is 6.89. The van der Waals surface area contributed by atoms with Crippen LogP contribution < -0.4 is 5.73 Å². The van der Waals surface area contributed by atoms with Crippen LogP contribution in [0, 0.1) is 12.3 Å². The lowest BCUT2D eigenvalue weighted by atomic mass is 9.93. The molecule has 1 aromatic heterocycles. The van der Waals surface area contributed by atoms with Crippen molar-refractivity contribution in [2.24, 2.45) is 11.1 Å². The molecule has 0 saturated heterocycles. The quantitative estimate of drug-likeness (QED) is 0.793. The number of hydrogen-bond acceptors (Lipinski definition) is 3. The Bertz CT molecular complexity index is 384. The lowest BCUT2D eigenvalue weighted by Crippen LogP contribution is -2.40. The van der Waals surface area contributed by atoms with Gasteiger partial charge in [-0.3, -0.25) is 9.89 Å². The average molecular weight is 238 g/mol. The van der Waals surface area contributed by atoms with E-state index in [9.17, 15) is 4.79 Å². The van der Waals surface area contributed by atoms with Crippen LogP contribution in [-0.2, 0) is 11.2 Å². The molecule has 0 aliphatic carbocycles. The predicted octanol–water partition coefficient (Wildman–Crippen LogP) is 0.704. The zero-order valence-corrected chi connectivity index (χ0v) is 11.1. The van der Waals surface area contributed by atoms with Gasteiger partial charge in [0.2, 0.25) is 5.91 Å². The number of likely N-dealkylation sites (N-methyl/N-ethyl adjacent to an activating group) is 1. The van der Waals surface area contributed by atoms with Crippen LogP contribution in [0.3, 0.4) is 0 Å². The molecule has 0 aliphatic heterocycles. The van der Waals surface area contributed by atoms with Crippen LogP contribution in [0.2, 0.25) is 0 Å². The molecule has 0 fully saturated rings. The van der Waals surface area contributed by atoms with E-state index in [1.165, 1.54) is 0 Å². The predicted molar refractivity (Wildman–Crippen MR) is 67.5 cm³/mol. The van der Waals surface area contributed by atoms with Gasteiger partial charge in [0.05, 0.1) is 12.1 Å². The summed E-state index contributed by atoms with van der Waals surface area (Å²) >= 11 is 0. The number of carbonyl (C=O) groups is 1. The highest BCUT2D eigenvalue weighted by atomic mass is 16.2. The van der Waals surface area contributed by atoms with Crippen molar-refractivity contribution >= 4 is 5.91 Å². The normalized spacial score (nSPS) is 11.6. The minimum atomic E-state index is -0.0497. The van der Waals surface area contributed by atoms with Crippen molar-refractivity contribution in [2.45, 2.75) is 27.2 Å². The van der Waals surface area contributed by atoms with Gasteiger partial charge in [-0.2, -0.15) is 5.10 Å². The number of nitrogens with zero attached hydrogens (tertiary/aromatic N) is 2. The summed E-state index contributed by atoms with van der Waals surface area (Å²) in [7, 11) is 1.80. The number of nitrogens with one attached hydrogen (secondary N) is 1. The van der Waals surface area contributed by atoms with Crippen molar-refractivity contribution < 1.29 is 4.79 Å². The molecule has 5 nitrogen and oxygen atoms in total. The van der Waals surface area contributed by atoms with E-state index in [0.717, 1.165) is 11.4 Å². The number of aromatic nitrogens is 2. The monoisotopic (exact) mass is 238 g/mol. The Labute approximate surface area is 102 Å². The van der Waals surface area contributed by atoms with E-state index >= 15 is 0 Å². The molecule has 0 radical (unpaired) electrons. The molecule has 1 heterocycles. The summed E-state index contributed by atoms with van der Waals surface area (Å²) in [5.41, 5.74) is 7.36. The van der Waals surface area contributed by atoms with E-state index in [-0.39, 0.29) is 11.3 Å². The van der Waals surface area contributed by atoms with Crippen molar-refractivity contribution in [1.29, 1.82) is 0 Å². The Hall–Kier alpha value is -1.36. The van der Waals surface area contributed by atoms with Gasteiger partial charge in [-0.1, -0.05) is 13.8 Å². The largest absolute Gasteiger partial charge is 0.345 e. The Morgan fingerprint density at radius 3 is 2.71 bits per heavy atom. The van der Waals surface area contributed by atoms with Gasteiger partial charge in [-0.15, -0.1) is 0 Å². The number of carbonyl (C=O) groups excluding carboxylic acids is 1. The number of aryl methyl sites for hydroxylation is 1. The van der Waals surface area contributed by atoms with Gasteiger partial charge in [0.1, 0.15) is 0 Å². The van der Waals surface area contributed by atoms with Gasteiger partial charge in [-0.25, -0.2) is 0 Å². The van der Waals surface area contributed by atoms with E-state index in [4.69, 9.17) is 5.73 Å². The molecule has 0 aliphatic rings. The van der Waals surface area contributed by atoms with Gasteiger partial charge in [-0.05, 0) is 24.9 Å². The Kier molecular flexibility index (Phi) is 4.28. The summed E-state index contributed by atoms with van der Waals surface area (Å²) in [6.07, 6.45) is 0.335. The molecule has 96 valence electrons. The first kappa shape index (κ1) is 13.7. The van der Waals surface area contributed by atoms with Crippen molar-refractivity contribution in [3.8, 4) is 0 Å². The summed E-state index contributed by atoms with van der Waals surface area (Å²) < 4.78 is 0. The van der Waals surface area contributed by atoms with Gasteiger partial charge in [0, 0.05) is 19.3 Å². The molecular formula is C12H22N4O. The van der Waals surface area contributed by atoms with Gasteiger partial charge < -0.3 is 10.6 Å². The third-order valence-electron chi connectivity index (χ3n) is 2.73. The molecule has 0 bridgehead atoms. The second-order valence-electron chi connectivity index (χ2n) is 5.34. The minimum Gasteiger partial charge on any atom is -0.345 e. The Balaban J connectivity index is 2.53. The minimum absolute atomic E-state index is 0.0497. The average Bonchev–Trinajstić information content (AvgIpc) is 2.63. The molecule has 3 N–H and O–H groups in total. The summed E-state index contributed by atoms with van der Waals surface area (Å²) in [6, 6.07) is 1.89. The topological polar surface area (TPSA) is 75.0 Å². The highest BCUT2D eigenvalue weighted by Gasteiger charge is 2.21. The lowest BCUT2D eigenvalue weighted by Gasteiger charge is -2.28. The van der Waals surface area contributed by atoms with E-state index in [2.05, 4.69) is 24.0 Å². The van der Waals surface area contributed by atoms with E-state index in [0.29, 0.717) is 19.5 Å². The second kappa shape index (κ2) is 5.31. The molecule has 1 amide bonds. The molecule has 5 heteroatoms. The van der Waals surface area contributed by atoms with Crippen molar-refractivity contribution in [3.63, 3.8) is 0 Å². The maximum atomic E-state index is 11.9. The van der Waals surface area contributed by atoms with E-state index < -0.39 is 0 Å². The first-order chi connectivity index (χ1) is 7.84. The van der Waals surface area contributed by atoms with Crippen LogP contribution in [0.1, 0.15) is 25.2 Å². The van der Waals surface area contributed by atoms with Crippen LogP contribution in [-0.4, -0.2) is 41.1 Å². The second-order valence-corrected chi connectivity index (χ2v) is 5.34. The number of nitrogens with two attached hydrogens (primary N) is 1. The first-order valence-corrected chi connectivity index (χ1v) is 5.79. The molecule has 0 atom stereocenters. The fourth-order valence-corrected chi connectivity index (χ4v) is 1.65. The number of H-pyrrole nitrogens is 1. The Morgan fingerprint density at radius 2 is 2.24 bits per heavy atom. The fourth-order valence-electron chi connectivity index (χ4n) is 1.65. The number of amides is 1. The summed E-state index contributed by atoms with van der Waals surface area (Å²) in [5.74, 6) is 0.0676. The third kappa shape index (κ3) is 4.19. The smallest absolute Gasteiger partial charge is 0.228 e. The highest BCUT2D eigenvalue weighted by Crippen LogP contribution is 2.14. The first-order valence-electron chi connectivity index (χ1n) is 5.79. The number of aromatic amines is 1. The van der Waals surface area contributed by atoms with Gasteiger partial charge in [0.25, 0.3) is 0 Å². The summed E-state index contributed by atoms with van der Waals surface area (Å²) in [4.78, 5) is 13.7. The fraction of sp³-hybridized carbons (Fsp3) is 0.667. The lowest BCUT2D eigenvalue weighted by molar-refractivity contribution is -0.130. The SMILES string of the molecule is Cc1cc(CC(=O)N(C)CC(C)(C)CN)n[nH]1. The molecule has 1 aromatic rings. The van der Waals surface area contributed by atoms with Crippen LogP contribution in [0.4, 0.5) is 0 Å². The Morgan fingerprint density at radius 1 is 1.59 bits per heavy atom. The van der Waals surface area contributed by atoms with Crippen LogP contribution in [0.25, 0.3) is 0 Å². The molecule has 17 heavy (non-hydrogen) atoms. The molecule has 0 aromatic carbocycles. The van der Waals surface area contributed by atoms with E-state index in [1.54, 1.807) is 11.9 Å². The standard InChI is InChI=1S/C12H22N4O/c1-9-5-10(15-14-9)6-11(17)16(4)8-12(2,3)7-13/h5H,6-8,13H2,1-4H3,(H,14,15). The van der Waals surface area contributed by atoms with Crippen molar-refractivity contribution in [1.82, 2.24) is 15.1 Å². The summed E-state index contributed by atoms with van der Waals surface area (Å²) in [6.45, 7) is 7.24. The molecule has 1 rings (SSSR count). The molecule has 0 spiro atoms. The maximum Gasteiger partial charge on any atom is 0.228 e. The van der Waals surface area contributed by atoms with Crippen LogP contribution in [0.15, 0.2) is 6.07 Å². The zero-order valence-electron chi connectivity index (χ0n) is 11.1. The zero-order chi connectivity index (χ0) is 13.1. The van der Waals surface area contributed by atoms with Crippen LogP contribution >= 0.6 is 0 Å². The highest BCUT2D eigenvalue weighted by molar-refractivity contribution is 5.78. The maximum absolute atomic E-state index is 11.9. The van der Waals surface area contributed by atoms with Gasteiger partial charge >= 0.3 is 0 Å². The van der Waals surface area contributed by atoms with Crippen molar-refractivity contribution in [2.75, 3.05) is 20.1 Å². The third-order valence-corrected chi connectivity index (χ3v) is 2.73. The molecular weight excluding hydrogens is 216 g/mol. The molecule has 0 saturated carbocycles. The van der Waals surface area contributed by atoms with Gasteiger partial charge in [0.15, 0.2) is 0 Å².